The Morgan fingerprint density at radius 1 is 0.947 bits per heavy atom. The Kier molecular flexibility index (Phi) is 5.96. The summed E-state index contributed by atoms with van der Waals surface area (Å²) in [5, 5.41) is 0. The lowest BCUT2D eigenvalue weighted by molar-refractivity contribution is -0.505. The van der Waals surface area contributed by atoms with Crippen LogP contribution in [0.1, 0.15) is 37.4 Å². The van der Waals surface area contributed by atoms with E-state index in [0.29, 0.717) is 0 Å². The molecule has 0 aliphatic heterocycles. The van der Waals surface area contributed by atoms with Gasteiger partial charge in [-0.1, -0.05) is 56.2 Å². The highest BCUT2D eigenvalue weighted by atomic mass is 32.2. The maximum Gasteiger partial charge on any atom is 0.195 e. The van der Waals surface area contributed by atoms with E-state index in [0.717, 1.165) is 5.75 Å². The molecule has 1 aromatic carbocycles. The van der Waals surface area contributed by atoms with E-state index in [1.54, 1.807) is 0 Å². The predicted molar refractivity (Wildman–Crippen MR) is 83.0 cm³/mol. The molecule has 0 bridgehead atoms. The van der Waals surface area contributed by atoms with Gasteiger partial charge in [0, 0.05) is 18.6 Å². The Bertz CT molecular complexity index is 482. The Morgan fingerprint density at radius 2 is 1.74 bits per heavy atom. The second-order valence-electron chi connectivity index (χ2n) is 4.73. The van der Waals surface area contributed by atoms with Crippen molar-refractivity contribution in [3.8, 4) is 0 Å². The average molecular weight is 272 g/mol. The summed E-state index contributed by atoms with van der Waals surface area (Å²) in [7, 11) is 0. The van der Waals surface area contributed by atoms with Crippen LogP contribution in [-0.2, 0) is 12.2 Å². The molecule has 0 aliphatic rings. The summed E-state index contributed by atoms with van der Waals surface area (Å²) in [4.78, 5) is 0. The van der Waals surface area contributed by atoms with E-state index in [9.17, 15) is 0 Å². The van der Waals surface area contributed by atoms with Crippen LogP contribution in [0.25, 0.3) is 0 Å². The molecule has 2 heteroatoms. The summed E-state index contributed by atoms with van der Waals surface area (Å²) in [6.07, 6.45) is 7.24. The fraction of sp³-hybridized carbons (Fsp3) is 0.353. The minimum Gasteiger partial charge on any atom is -0.131 e. The van der Waals surface area contributed by atoms with Crippen LogP contribution >= 0.6 is 11.9 Å². The summed E-state index contributed by atoms with van der Waals surface area (Å²) >= 11 is 1.87. The van der Waals surface area contributed by atoms with Crippen LogP contribution in [0, 0.1) is 0 Å². The number of unbranched alkanes of at least 4 members (excludes halogenated alkanes) is 2. The molecule has 2 rings (SSSR count). The Balaban J connectivity index is 1.95. The van der Waals surface area contributed by atoms with Crippen LogP contribution < -0.4 is 3.97 Å². The number of aromatic nitrogens is 1. The Hall–Kier alpha value is -1.28. The van der Waals surface area contributed by atoms with Crippen molar-refractivity contribution in [2.45, 2.75) is 38.4 Å². The highest BCUT2D eigenvalue weighted by molar-refractivity contribution is 7.92. The molecule has 0 saturated heterocycles. The Morgan fingerprint density at radius 3 is 2.53 bits per heavy atom. The number of benzene rings is 1. The van der Waals surface area contributed by atoms with E-state index in [-0.39, 0.29) is 0 Å². The third-order valence-electron chi connectivity index (χ3n) is 3.15. The highest BCUT2D eigenvalue weighted by Gasteiger charge is 2.11. The van der Waals surface area contributed by atoms with Gasteiger partial charge in [0.05, 0.1) is 5.75 Å². The smallest absolute Gasteiger partial charge is 0.131 e. The zero-order chi connectivity index (χ0) is 13.3. The van der Waals surface area contributed by atoms with Gasteiger partial charge in [0.2, 0.25) is 0 Å². The topological polar surface area (TPSA) is 3.88 Å². The molecule has 1 nitrogen and oxygen atoms in total. The van der Waals surface area contributed by atoms with Gasteiger partial charge in [0.15, 0.2) is 23.8 Å². The quantitative estimate of drug-likeness (QED) is 0.533. The van der Waals surface area contributed by atoms with E-state index in [1.165, 1.54) is 36.9 Å². The number of nitrogens with zero attached hydrogens (tertiary/aromatic N) is 1. The molecule has 0 fully saturated rings. The monoisotopic (exact) mass is 272 g/mol. The zero-order valence-corrected chi connectivity index (χ0v) is 12.4. The average Bonchev–Trinajstić information content (AvgIpc) is 2.48. The van der Waals surface area contributed by atoms with Gasteiger partial charge < -0.3 is 0 Å². The van der Waals surface area contributed by atoms with E-state index < -0.39 is 0 Å². The third kappa shape index (κ3) is 4.71. The summed E-state index contributed by atoms with van der Waals surface area (Å²) in [6, 6.07) is 17.2. The first-order chi connectivity index (χ1) is 9.40. The fourth-order valence-electron chi connectivity index (χ4n) is 2.06. The molecule has 0 amide bonds. The summed E-state index contributed by atoms with van der Waals surface area (Å²) in [5.41, 5.74) is 2.81. The van der Waals surface area contributed by atoms with Gasteiger partial charge in [0.1, 0.15) is 0 Å². The van der Waals surface area contributed by atoms with E-state index in [2.05, 4.69) is 65.6 Å². The molecule has 19 heavy (non-hydrogen) atoms. The van der Waals surface area contributed by atoms with Crippen molar-refractivity contribution in [3.63, 3.8) is 0 Å². The van der Waals surface area contributed by atoms with Crippen molar-refractivity contribution in [1.82, 2.24) is 0 Å². The Labute approximate surface area is 120 Å². The molecule has 0 spiro atoms. The first kappa shape index (κ1) is 14.1. The number of pyridine rings is 1. The van der Waals surface area contributed by atoms with Crippen molar-refractivity contribution >= 4 is 11.9 Å². The van der Waals surface area contributed by atoms with Gasteiger partial charge in [-0.2, -0.15) is 0 Å². The van der Waals surface area contributed by atoms with Crippen LogP contribution in [0.15, 0.2) is 54.7 Å². The van der Waals surface area contributed by atoms with Crippen LogP contribution in [0.5, 0.6) is 0 Å². The van der Waals surface area contributed by atoms with Crippen molar-refractivity contribution in [3.05, 3.63) is 66.0 Å². The van der Waals surface area contributed by atoms with E-state index in [1.807, 2.05) is 11.9 Å². The fourth-order valence-corrected chi connectivity index (χ4v) is 3.01. The number of aryl methyl sites for hydroxylation is 1. The van der Waals surface area contributed by atoms with Crippen LogP contribution in [-0.4, -0.2) is 0 Å². The summed E-state index contributed by atoms with van der Waals surface area (Å²) < 4.78 is 2.32. The highest BCUT2D eigenvalue weighted by Crippen LogP contribution is 2.11. The molecule has 0 radical (unpaired) electrons. The van der Waals surface area contributed by atoms with Gasteiger partial charge >= 0.3 is 0 Å². The maximum atomic E-state index is 2.32. The van der Waals surface area contributed by atoms with E-state index >= 15 is 0 Å². The van der Waals surface area contributed by atoms with Crippen LogP contribution in [0.2, 0.25) is 0 Å². The van der Waals surface area contributed by atoms with E-state index in [4.69, 9.17) is 0 Å². The molecule has 0 unspecified atom stereocenters. The lowest BCUT2D eigenvalue weighted by Gasteiger charge is -2.02. The SMILES string of the molecule is CCCCCc1cccc[n+]1SCc1ccccc1. The first-order valence-corrected chi connectivity index (χ1v) is 8.01. The standard InChI is InChI=1S/C17H22NS/c1-2-3-5-12-17-13-8-9-14-18(17)19-15-16-10-6-4-7-11-16/h4,6-11,13-14H,2-3,5,12,15H2,1H3/q+1. The van der Waals surface area contributed by atoms with Crippen LogP contribution in [0.4, 0.5) is 0 Å². The van der Waals surface area contributed by atoms with Gasteiger partial charge in [-0.3, -0.25) is 0 Å². The van der Waals surface area contributed by atoms with Crippen molar-refractivity contribution < 1.29 is 3.97 Å². The number of hydrogen-bond donors (Lipinski definition) is 0. The number of hydrogen-bond acceptors (Lipinski definition) is 1. The maximum absolute atomic E-state index is 2.32. The molecule has 0 N–H and O–H groups in total. The number of rotatable bonds is 7. The van der Waals surface area contributed by atoms with Gasteiger partial charge in [-0.15, -0.1) is 3.97 Å². The second kappa shape index (κ2) is 8.00. The molecule has 100 valence electrons. The third-order valence-corrected chi connectivity index (χ3v) is 4.25. The second-order valence-corrected chi connectivity index (χ2v) is 5.67. The van der Waals surface area contributed by atoms with Gasteiger partial charge in [-0.25, -0.2) is 0 Å². The molecule has 0 atom stereocenters. The van der Waals surface area contributed by atoms with Gasteiger partial charge in [-0.05, 0) is 12.0 Å². The lowest BCUT2D eigenvalue weighted by Crippen LogP contribution is -2.30. The van der Waals surface area contributed by atoms with Gasteiger partial charge in [0.25, 0.3) is 0 Å². The van der Waals surface area contributed by atoms with Crippen molar-refractivity contribution in [1.29, 1.82) is 0 Å². The molecule has 1 heterocycles. The summed E-state index contributed by atoms with van der Waals surface area (Å²) in [6.45, 7) is 2.25. The molecule has 2 aromatic rings. The summed E-state index contributed by atoms with van der Waals surface area (Å²) in [5.74, 6) is 1.02. The zero-order valence-electron chi connectivity index (χ0n) is 11.6. The predicted octanol–water partition coefficient (Wildman–Crippen LogP) is 4.40. The molecular formula is C17H22NS+. The first-order valence-electron chi connectivity index (χ1n) is 7.07. The lowest BCUT2D eigenvalue weighted by atomic mass is 10.1. The largest absolute Gasteiger partial charge is 0.195 e. The van der Waals surface area contributed by atoms with Crippen molar-refractivity contribution in [2.24, 2.45) is 0 Å². The molecule has 0 saturated carbocycles. The minimum absolute atomic E-state index is 1.02. The van der Waals surface area contributed by atoms with Crippen molar-refractivity contribution in [2.75, 3.05) is 0 Å². The van der Waals surface area contributed by atoms with Crippen LogP contribution in [0.3, 0.4) is 0 Å². The molecule has 0 aliphatic carbocycles. The minimum atomic E-state index is 1.02. The molecule has 1 aromatic heterocycles. The molecular weight excluding hydrogens is 250 g/mol. The normalized spacial score (nSPS) is 10.6.